The molecule has 1 fully saturated rings. The Balaban J connectivity index is 1.45. The van der Waals surface area contributed by atoms with Crippen molar-refractivity contribution in [3.63, 3.8) is 0 Å². The minimum absolute atomic E-state index is 0.218. The van der Waals surface area contributed by atoms with Crippen LogP contribution >= 0.6 is 0 Å². The number of phenolic OH excluding ortho intramolecular Hbond substituents is 1. The van der Waals surface area contributed by atoms with E-state index in [2.05, 4.69) is 15.4 Å². The molecule has 0 bridgehead atoms. The van der Waals surface area contributed by atoms with E-state index in [0.717, 1.165) is 29.2 Å². The molecule has 1 aliphatic rings. The second kappa shape index (κ2) is 5.94. The SMILES string of the molecule is Cc1cc2c(N3CC(NC(=O)c4ccc(O)c(F)c4F)C3)nccn2n1. The van der Waals surface area contributed by atoms with E-state index in [1.54, 1.807) is 16.9 Å². The lowest BCUT2D eigenvalue weighted by Gasteiger charge is -2.40. The molecule has 0 aliphatic carbocycles. The number of nitrogens with one attached hydrogen (secondary N) is 1. The summed E-state index contributed by atoms with van der Waals surface area (Å²) in [4.78, 5) is 18.5. The van der Waals surface area contributed by atoms with Crippen LogP contribution in [0.3, 0.4) is 0 Å². The third-order valence-corrected chi connectivity index (χ3v) is 4.31. The van der Waals surface area contributed by atoms with Gasteiger partial charge in [0.1, 0.15) is 5.52 Å². The number of rotatable bonds is 3. The number of hydrogen-bond donors (Lipinski definition) is 2. The zero-order valence-electron chi connectivity index (χ0n) is 13.8. The van der Waals surface area contributed by atoms with Crippen LogP contribution in [-0.4, -0.2) is 44.7 Å². The Bertz CT molecular complexity index is 1010. The van der Waals surface area contributed by atoms with E-state index in [4.69, 9.17) is 5.11 Å². The molecule has 7 nitrogen and oxygen atoms in total. The second-order valence-corrected chi connectivity index (χ2v) is 6.20. The number of carbonyl (C=O) groups excluding carboxylic acids is 1. The van der Waals surface area contributed by atoms with Crippen molar-refractivity contribution >= 4 is 17.2 Å². The van der Waals surface area contributed by atoms with Crippen LogP contribution in [0.15, 0.2) is 30.6 Å². The molecule has 3 aromatic rings. The van der Waals surface area contributed by atoms with Gasteiger partial charge < -0.3 is 15.3 Å². The number of halogens is 2. The van der Waals surface area contributed by atoms with Crippen LogP contribution in [0.1, 0.15) is 16.1 Å². The van der Waals surface area contributed by atoms with Crippen molar-refractivity contribution in [3.8, 4) is 5.75 Å². The number of aromatic hydroxyl groups is 1. The van der Waals surface area contributed by atoms with Crippen molar-refractivity contribution in [2.24, 2.45) is 0 Å². The maximum Gasteiger partial charge on any atom is 0.254 e. The Labute approximate surface area is 146 Å². The summed E-state index contributed by atoms with van der Waals surface area (Å²) in [5, 5.41) is 16.1. The van der Waals surface area contributed by atoms with Gasteiger partial charge in [0.15, 0.2) is 17.4 Å². The van der Waals surface area contributed by atoms with E-state index in [0.29, 0.717) is 13.1 Å². The Hall–Kier alpha value is -3.23. The normalized spacial score (nSPS) is 14.5. The van der Waals surface area contributed by atoms with Gasteiger partial charge >= 0.3 is 0 Å². The first-order chi connectivity index (χ1) is 12.4. The summed E-state index contributed by atoms with van der Waals surface area (Å²) in [7, 11) is 0. The molecule has 0 unspecified atom stereocenters. The molecule has 1 saturated heterocycles. The Morgan fingerprint density at radius 1 is 1.31 bits per heavy atom. The first kappa shape index (κ1) is 16.2. The molecule has 26 heavy (non-hydrogen) atoms. The number of carbonyl (C=O) groups is 1. The summed E-state index contributed by atoms with van der Waals surface area (Å²) in [5.74, 6) is -3.60. The Morgan fingerprint density at radius 2 is 2.08 bits per heavy atom. The highest BCUT2D eigenvalue weighted by Crippen LogP contribution is 2.25. The van der Waals surface area contributed by atoms with E-state index in [9.17, 15) is 13.6 Å². The van der Waals surface area contributed by atoms with Gasteiger partial charge in [0.05, 0.1) is 17.3 Å². The smallest absolute Gasteiger partial charge is 0.254 e. The van der Waals surface area contributed by atoms with Gasteiger partial charge in [0, 0.05) is 25.5 Å². The fraction of sp³-hybridized carbons (Fsp3) is 0.235. The lowest BCUT2D eigenvalue weighted by atomic mass is 10.1. The predicted molar refractivity (Wildman–Crippen MR) is 89.2 cm³/mol. The lowest BCUT2D eigenvalue weighted by Crippen LogP contribution is -2.59. The Kier molecular flexibility index (Phi) is 3.71. The van der Waals surface area contributed by atoms with Crippen LogP contribution in [0.5, 0.6) is 5.75 Å². The molecule has 0 radical (unpaired) electrons. The van der Waals surface area contributed by atoms with Crippen LogP contribution in [0.4, 0.5) is 14.6 Å². The number of nitrogens with zero attached hydrogens (tertiary/aromatic N) is 4. The summed E-state index contributed by atoms with van der Waals surface area (Å²) in [6.45, 7) is 2.87. The third kappa shape index (κ3) is 2.61. The zero-order chi connectivity index (χ0) is 18.4. The summed E-state index contributed by atoms with van der Waals surface area (Å²) < 4.78 is 28.9. The minimum atomic E-state index is -1.43. The van der Waals surface area contributed by atoms with Gasteiger partial charge in [-0.15, -0.1) is 0 Å². The number of hydrogen-bond acceptors (Lipinski definition) is 5. The maximum absolute atomic E-state index is 13.8. The summed E-state index contributed by atoms with van der Waals surface area (Å²) in [6.07, 6.45) is 3.41. The number of amides is 1. The molecule has 4 rings (SSSR count). The van der Waals surface area contributed by atoms with Crippen LogP contribution < -0.4 is 10.2 Å². The van der Waals surface area contributed by atoms with E-state index in [1.165, 1.54) is 0 Å². The number of aromatic nitrogens is 3. The molecule has 3 heterocycles. The third-order valence-electron chi connectivity index (χ3n) is 4.31. The summed E-state index contributed by atoms with van der Waals surface area (Å²) in [6, 6.07) is 3.71. The number of aryl methyl sites for hydroxylation is 1. The van der Waals surface area contributed by atoms with E-state index in [-0.39, 0.29) is 6.04 Å². The minimum Gasteiger partial charge on any atom is -0.505 e. The van der Waals surface area contributed by atoms with Gasteiger partial charge in [-0.1, -0.05) is 0 Å². The van der Waals surface area contributed by atoms with Gasteiger partial charge in [-0.3, -0.25) is 4.79 Å². The molecule has 2 aromatic heterocycles. The monoisotopic (exact) mass is 359 g/mol. The van der Waals surface area contributed by atoms with Crippen molar-refractivity contribution in [1.82, 2.24) is 19.9 Å². The number of benzene rings is 1. The van der Waals surface area contributed by atoms with E-state index in [1.807, 2.05) is 17.9 Å². The van der Waals surface area contributed by atoms with Crippen molar-refractivity contribution in [1.29, 1.82) is 0 Å². The van der Waals surface area contributed by atoms with Gasteiger partial charge in [0.25, 0.3) is 5.91 Å². The fourth-order valence-electron chi connectivity index (χ4n) is 2.99. The largest absolute Gasteiger partial charge is 0.505 e. The average molecular weight is 359 g/mol. The van der Waals surface area contributed by atoms with Gasteiger partial charge in [-0.2, -0.15) is 9.49 Å². The predicted octanol–water partition coefficient (Wildman–Crippen LogP) is 1.64. The molecular formula is C17H15F2N5O2. The van der Waals surface area contributed by atoms with Gasteiger partial charge in [-0.25, -0.2) is 13.9 Å². The number of phenols is 1. The molecule has 1 aromatic carbocycles. The van der Waals surface area contributed by atoms with E-state index < -0.39 is 28.9 Å². The van der Waals surface area contributed by atoms with Crippen molar-refractivity contribution < 1.29 is 18.7 Å². The fourth-order valence-corrected chi connectivity index (χ4v) is 2.99. The van der Waals surface area contributed by atoms with Gasteiger partial charge in [0.2, 0.25) is 5.82 Å². The van der Waals surface area contributed by atoms with Crippen molar-refractivity contribution in [2.45, 2.75) is 13.0 Å². The second-order valence-electron chi connectivity index (χ2n) is 6.20. The molecule has 0 atom stereocenters. The van der Waals surface area contributed by atoms with Crippen molar-refractivity contribution in [3.05, 3.63) is 53.5 Å². The van der Waals surface area contributed by atoms with E-state index >= 15 is 0 Å². The summed E-state index contributed by atoms with van der Waals surface area (Å²) >= 11 is 0. The maximum atomic E-state index is 13.8. The quantitative estimate of drug-likeness (QED) is 0.743. The molecule has 0 saturated carbocycles. The molecule has 134 valence electrons. The Morgan fingerprint density at radius 3 is 2.85 bits per heavy atom. The highest BCUT2D eigenvalue weighted by Gasteiger charge is 2.31. The molecule has 1 aliphatic heterocycles. The number of fused-ring (bicyclic) bond motifs is 1. The standard InChI is InChI=1S/C17H15F2N5O2/c1-9-6-12-16(20-4-5-24(12)22-9)23-7-10(8-23)21-17(26)11-2-3-13(25)15(19)14(11)18/h2-6,10,25H,7-8H2,1H3,(H,21,26). The van der Waals surface area contributed by atoms with Crippen LogP contribution in [0.25, 0.3) is 5.52 Å². The van der Waals surface area contributed by atoms with Crippen LogP contribution in [0.2, 0.25) is 0 Å². The van der Waals surface area contributed by atoms with Crippen LogP contribution in [-0.2, 0) is 0 Å². The average Bonchev–Trinajstić information content (AvgIpc) is 2.96. The molecular weight excluding hydrogens is 344 g/mol. The lowest BCUT2D eigenvalue weighted by molar-refractivity contribution is 0.0925. The highest BCUT2D eigenvalue weighted by atomic mass is 19.2. The molecule has 9 heteroatoms. The highest BCUT2D eigenvalue weighted by molar-refractivity contribution is 5.95. The molecule has 2 N–H and O–H groups in total. The summed E-state index contributed by atoms with van der Waals surface area (Å²) in [5.41, 5.74) is 1.29. The first-order valence-corrected chi connectivity index (χ1v) is 7.98. The zero-order valence-corrected chi connectivity index (χ0v) is 13.8. The van der Waals surface area contributed by atoms with Crippen molar-refractivity contribution in [2.75, 3.05) is 18.0 Å². The van der Waals surface area contributed by atoms with Crippen LogP contribution in [0, 0.1) is 18.6 Å². The number of anilines is 1. The molecule has 1 amide bonds. The first-order valence-electron chi connectivity index (χ1n) is 7.98. The van der Waals surface area contributed by atoms with Gasteiger partial charge in [-0.05, 0) is 25.1 Å². The molecule has 0 spiro atoms. The topological polar surface area (TPSA) is 82.8 Å².